The van der Waals surface area contributed by atoms with Gasteiger partial charge >= 0.3 is 6.18 Å². The fourth-order valence-corrected chi connectivity index (χ4v) is 3.91. The number of anilines is 1. The van der Waals surface area contributed by atoms with Crippen molar-refractivity contribution in [3.8, 4) is 0 Å². The highest BCUT2D eigenvalue weighted by Crippen LogP contribution is 2.31. The van der Waals surface area contributed by atoms with Gasteiger partial charge < -0.3 is 10.2 Å². The molecule has 0 radical (unpaired) electrons. The highest BCUT2D eigenvalue weighted by atomic mass is 19.4. The van der Waals surface area contributed by atoms with Crippen LogP contribution in [0.2, 0.25) is 0 Å². The standard InChI is InChI=1S/C24H24F5N5O/c1-4-10-31-21(30-3)16-7-5-8-17(25)20(16)23(35)34-11-6-9-19(14(34)2)33-22-18(26)12-15(13-32-22)24(27,28)29/h4-5,7-8,10,12-14,19H,3,6,9,11H2,1-2H3,(H,32,33)/b10-4-,31-21?/t14-,19+/m0/s1. The van der Waals surface area contributed by atoms with Gasteiger partial charge in [-0.1, -0.05) is 18.2 Å². The number of halogens is 5. The Kier molecular flexibility index (Phi) is 7.98. The number of nitrogens with one attached hydrogen (secondary N) is 1. The summed E-state index contributed by atoms with van der Waals surface area (Å²) in [6.45, 7) is 7.18. The van der Waals surface area contributed by atoms with Crippen LogP contribution in [0.5, 0.6) is 0 Å². The number of piperidine rings is 1. The number of hydrogen-bond donors (Lipinski definition) is 1. The third-order valence-electron chi connectivity index (χ3n) is 5.70. The van der Waals surface area contributed by atoms with Crippen molar-refractivity contribution in [2.75, 3.05) is 11.9 Å². The molecule has 1 N–H and O–H groups in total. The fourth-order valence-electron chi connectivity index (χ4n) is 3.91. The zero-order chi connectivity index (χ0) is 25.8. The number of carbonyl (C=O) groups excluding carboxylic acids is 1. The van der Waals surface area contributed by atoms with Crippen LogP contribution >= 0.6 is 0 Å². The summed E-state index contributed by atoms with van der Waals surface area (Å²) in [5, 5.41) is 2.80. The van der Waals surface area contributed by atoms with E-state index in [0.29, 0.717) is 31.6 Å². The summed E-state index contributed by atoms with van der Waals surface area (Å²) in [5.74, 6) is -2.82. The lowest BCUT2D eigenvalue weighted by Crippen LogP contribution is -2.52. The monoisotopic (exact) mass is 493 g/mol. The molecular weight excluding hydrogens is 469 g/mol. The van der Waals surface area contributed by atoms with Gasteiger partial charge in [0.15, 0.2) is 17.5 Å². The van der Waals surface area contributed by atoms with E-state index in [4.69, 9.17) is 0 Å². The van der Waals surface area contributed by atoms with Gasteiger partial charge in [-0.15, -0.1) is 0 Å². The number of alkyl halides is 3. The summed E-state index contributed by atoms with van der Waals surface area (Å²) in [6, 6.07) is 3.37. The first-order valence-electron chi connectivity index (χ1n) is 10.8. The molecule has 11 heteroatoms. The van der Waals surface area contributed by atoms with Gasteiger partial charge in [0.2, 0.25) is 0 Å². The normalized spacial score (nSPS) is 19.2. The molecule has 0 aliphatic carbocycles. The van der Waals surface area contributed by atoms with Crippen molar-refractivity contribution in [3.05, 3.63) is 71.1 Å². The summed E-state index contributed by atoms with van der Waals surface area (Å²) in [4.78, 5) is 26.4. The molecule has 1 aromatic heterocycles. The van der Waals surface area contributed by atoms with E-state index in [0.717, 1.165) is 6.07 Å². The molecule has 1 aromatic carbocycles. The number of hydrogen-bond acceptors (Lipinski definition) is 4. The van der Waals surface area contributed by atoms with Gasteiger partial charge in [-0.2, -0.15) is 13.2 Å². The van der Waals surface area contributed by atoms with Crippen LogP contribution in [0.25, 0.3) is 0 Å². The van der Waals surface area contributed by atoms with Crippen LogP contribution in [0.4, 0.5) is 27.8 Å². The minimum absolute atomic E-state index is 0.0707. The summed E-state index contributed by atoms with van der Waals surface area (Å²) in [6.07, 6.45) is -0.0953. The molecule has 0 unspecified atom stereocenters. The van der Waals surface area contributed by atoms with E-state index >= 15 is 0 Å². The summed E-state index contributed by atoms with van der Waals surface area (Å²) in [7, 11) is 0. The molecule has 6 nitrogen and oxygen atoms in total. The fraction of sp³-hybridized carbons (Fsp3) is 0.333. The highest BCUT2D eigenvalue weighted by molar-refractivity contribution is 6.11. The van der Waals surface area contributed by atoms with E-state index in [9.17, 15) is 26.7 Å². The molecule has 2 aromatic rings. The molecule has 2 atom stereocenters. The lowest BCUT2D eigenvalue weighted by molar-refractivity contribution is -0.138. The second-order valence-electron chi connectivity index (χ2n) is 7.94. The Balaban J connectivity index is 1.89. The topological polar surface area (TPSA) is 70.0 Å². The quantitative estimate of drug-likeness (QED) is 0.342. The molecule has 1 saturated heterocycles. The van der Waals surface area contributed by atoms with E-state index in [2.05, 4.69) is 27.0 Å². The molecule has 0 spiro atoms. The molecule has 1 aliphatic heterocycles. The molecule has 1 amide bonds. The molecule has 35 heavy (non-hydrogen) atoms. The summed E-state index contributed by atoms with van der Waals surface area (Å²) < 4.78 is 67.7. The second-order valence-corrected chi connectivity index (χ2v) is 7.94. The minimum Gasteiger partial charge on any atom is -0.363 e. The maximum absolute atomic E-state index is 14.9. The second kappa shape index (κ2) is 10.7. The van der Waals surface area contributed by atoms with Crippen molar-refractivity contribution in [3.63, 3.8) is 0 Å². The molecule has 1 aliphatic rings. The Hall–Kier alpha value is -3.63. The first kappa shape index (κ1) is 26.0. The molecule has 1 fully saturated rings. The van der Waals surface area contributed by atoms with E-state index in [1.807, 2.05) is 0 Å². The van der Waals surface area contributed by atoms with Crippen molar-refractivity contribution in [2.45, 2.75) is 44.9 Å². The Labute approximate surface area is 199 Å². The third-order valence-corrected chi connectivity index (χ3v) is 5.70. The van der Waals surface area contributed by atoms with Crippen molar-refractivity contribution < 1.29 is 26.7 Å². The molecular formula is C24H24F5N5O. The predicted octanol–water partition coefficient (Wildman–Crippen LogP) is 5.46. The van der Waals surface area contributed by atoms with Gasteiger partial charge in [-0.05, 0) is 45.5 Å². The zero-order valence-corrected chi connectivity index (χ0v) is 19.1. The van der Waals surface area contributed by atoms with Crippen LogP contribution in [0.3, 0.4) is 0 Å². The predicted molar refractivity (Wildman–Crippen MR) is 124 cm³/mol. The number of likely N-dealkylation sites (tertiary alicyclic amines) is 1. The third kappa shape index (κ3) is 5.72. The summed E-state index contributed by atoms with van der Waals surface area (Å²) >= 11 is 0. The Morgan fingerprint density at radius 1 is 1.29 bits per heavy atom. The maximum Gasteiger partial charge on any atom is 0.417 e. The number of benzene rings is 1. The van der Waals surface area contributed by atoms with E-state index in [1.165, 1.54) is 23.2 Å². The van der Waals surface area contributed by atoms with Gasteiger partial charge in [0.25, 0.3) is 5.91 Å². The smallest absolute Gasteiger partial charge is 0.363 e. The van der Waals surface area contributed by atoms with E-state index in [1.54, 1.807) is 19.9 Å². The van der Waals surface area contributed by atoms with Crippen molar-refractivity contribution in [1.29, 1.82) is 0 Å². The zero-order valence-electron chi connectivity index (χ0n) is 19.1. The number of amidine groups is 1. The van der Waals surface area contributed by atoms with Crippen LogP contribution in [-0.2, 0) is 6.18 Å². The van der Waals surface area contributed by atoms with Crippen molar-refractivity contribution in [2.24, 2.45) is 9.98 Å². The van der Waals surface area contributed by atoms with E-state index < -0.39 is 41.4 Å². The number of allylic oxidation sites excluding steroid dienone is 1. The van der Waals surface area contributed by atoms with Crippen LogP contribution in [0.15, 0.2) is 52.7 Å². The van der Waals surface area contributed by atoms with Gasteiger partial charge in [-0.25, -0.2) is 23.7 Å². The molecule has 2 heterocycles. The SMILES string of the molecule is C=NC(=N/C=C\C)c1cccc(F)c1C(=O)N1CCC[C@@H](Nc2ncc(C(F)(F)F)cc2F)[C@@H]1C. The highest BCUT2D eigenvalue weighted by Gasteiger charge is 2.36. The van der Waals surface area contributed by atoms with Gasteiger partial charge in [-0.3, -0.25) is 4.79 Å². The first-order chi connectivity index (χ1) is 16.6. The number of amides is 1. The van der Waals surface area contributed by atoms with Crippen molar-refractivity contribution >= 4 is 24.3 Å². The average Bonchev–Trinajstić information content (AvgIpc) is 2.81. The largest absolute Gasteiger partial charge is 0.417 e. The summed E-state index contributed by atoms with van der Waals surface area (Å²) in [5.41, 5.74) is -1.26. The Morgan fingerprint density at radius 3 is 2.66 bits per heavy atom. The average molecular weight is 493 g/mol. The number of aromatic nitrogens is 1. The number of aliphatic imine (C=N–C) groups is 2. The molecule has 0 bridgehead atoms. The van der Waals surface area contributed by atoms with Crippen LogP contribution in [-0.4, -0.2) is 47.0 Å². The lowest BCUT2D eigenvalue weighted by atomic mass is 9.95. The van der Waals surface area contributed by atoms with Crippen molar-refractivity contribution in [1.82, 2.24) is 9.88 Å². The number of nitrogens with zero attached hydrogens (tertiary/aromatic N) is 4. The van der Waals surface area contributed by atoms with Gasteiger partial charge in [0.05, 0.1) is 11.1 Å². The van der Waals surface area contributed by atoms with Gasteiger partial charge in [0, 0.05) is 36.6 Å². The molecule has 186 valence electrons. The molecule has 3 rings (SSSR count). The Bertz CT molecular complexity index is 1160. The number of carbonyl (C=O) groups is 1. The van der Waals surface area contributed by atoms with Crippen LogP contribution in [0, 0.1) is 11.6 Å². The van der Waals surface area contributed by atoms with E-state index in [-0.39, 0.29) is 22.8 Å². The first-order valence-corrected chi connectivity index (χ1v) is 10.8. The number of pyridine rings is 1. The van der Waals surface area contributed by atoms with Crippen LogP contribution in [0.1, 0.15) is 48.2 Å². The maximum atomic E-state index is 14.9. The van der Waals surface area contributed by atoms with Crippen LogP contribution < -0.4 is 5.32 Å². The van der Waals surface area contributed by atoms with Gasteiger partial charge in [0.1, 0.15) is 5.82 Å². The molecule has 0 saturated carbocycles. The Morgan fingerprint density at radius 2 is 2.03 bits per heavy atom. The number of rotatable bonds is 5. The lowest BCUT2D eigenvalue weighted by Gasteiger charge is -2.40. The minimum atomic E-state index is -4.72.